The van der Waals surface area contributed by atoms with Gasteiger partial charge in [0, 0.05) is 25.1 Å². The number of aryl methyl sites for hydroxylation is 1. The van der Waals surface area contributed by atoms with Crippen LogP contribution in [-0.4, -0.2) is 17.4 Å². The van der Waals surface area contributed by atoms with Gasteiger partial charge in [-0.15, -0.1) is 0 Å². The minimum atomic E-state index is 0.221. The third-order valence-electron chi connectivity index (χ3n) is 2.81. The number of hydrogen-bond donors (Lipinski definition) is 1. The van der Waals surface area contributed by atoms with Crippen LogP contribution >= 0.6 is 0 Å². The molecular formula is C11H16N2O2. The van der Waals surface area contributed by atoms with E-state index in [1.807, 2.05) is 17.9 Å². The number of nitrogens with two attached hydrogens (primary N) is 1. The molecule has 0 unspecified atom stereocenters. The van der Waals surface area contributed by atoms with Crippen molar-refractivity contribution in [3.05, 3.63) is 23.2 Å². The van der Waals surface area contributed by atoms with E-state index in [1.165, 1.54) is 0 Å². The molecule has 1 saturated heterocycles. The quantitative estimate of drug-likeness (QED) is 0.811. The summed E-state index contributed by atoms with van der Waals surface area (Å²) >= 11 is 0. The predicted molar refractivity (Wildman–Crippen MR) is 56.0 cm³/mol. The number of nitrogens with zero attached hydrogens (tertiary/aromatic N) is 1. The van der Waals surface area contributed by atoms with E-state index < -0.39 is 0 Å². The second-order valence-corrected chi connectivity index (χ2v) is 3.92. The number of likely N-dealkylation sites (tertiary alicyclic amines) is 1. The van der Waals surface area contributed by atoms with Crippen molar-refractivity contribution in [1.82, 2.24) is 4.90 Å². The third-order valence-corrected chi connectivity index (χ3v) is 2.81. The van der Waals surface area contributed by atoms with E-state index in [-0.39, 0.29) is 5.91 Å². The Morgan fingerprint density at radius 1 is 1.60 bits per heavy atom. The fourth-order valence-electron chi connectivity index (χ4n) is 1.93. The van der Waals surface area contributed by atoms with Crippen molar-refractivity contribution < 1.29 is 9.21 Å². The van der Waals surface area contributed by atoms with E-state index >= 15 is 0 Å². The van der Waals surface area contributed by atoms with Gasteiger partial charge in [-0.3, -0.25) is 4.79 Å². The molecule has 4 heteroatoms. The van der Waals surface area contributed by atoms with E-state index in [9.17, 15) is 4.79 Å². The van der Waals surface area contributed by atoms with E-state index in [1.54, 1.807) is 0 Å². The van der Waals surface area contributed by atoms with Crippen LogP contribution in [-0.2, 0) is 17.9 Å². The van der Waals surface area contributed by atoms with Crippen molar-refractivity contribution in [3.63, 3.8) is 0 Å². The summed E-state index contributed by atoms with van der Waals surface area (Å²) in [5, 5.41) is 0. The molecule has 1 aromatic rings. The molecule has 0 aliphatic carbocycles. The first-order valence-corrected chi connectivity index (χ1v) is 5.26. The molecule has 0 bridgehead atoms. The van der Waals surface area contributed by atoms with Crippen molar-refractivity contribution in [1.29, 1.82) is 0 Å². The summed E-state index contributed by atoms with van der Waals surface area (Å²) in [5.74, 6) is 1.92. The minimum Gasteiger partial charge on any atom is -0.464 e. The van der Waals surface area contributed by atoms with Crippen LogP contribution in [0.5, 0.6) is 0 Å². The second-order valence-electron chi connectivity index (χ2n) is 3.92. The number of rotatable bonds is 3. The predicted octanol–water partition coefficient (Wildman–Crippen LogP) is 1.17. The Morgan fingerprint density at radius 2 is 2.40 bits per heavy atom. The zero-order valence-corrected chi connectivity index (χ0v) is 8.95. The molecule has 0 atom stereocenters. The standard InChI is InChI=1S/C11H16N2O2/c1-8-9(6-12)5-10(15-8)7-13-4-2-3-11(13)14/h5H,2-4,6-7,12H2,1H3. The van der Waals surface area contributed by atoms with Gasteiger partial charge >= 0.3 is 0 Å². The van der Waals surface area contributed by atoms with Gasteiger partial charge in [0.05, 0.1) is 6.54 Å². The summed E-state index contributed by atoms with van der Waals surface area (Å²) in [6, 6.07) is 1.95. The zero-order chi connectivity index (χ0) is 10.8. The lowest BCUT2D eigenvalue weighted by Crippen LogP contribution is -2.23. The first-order valence-electron chi connectivity index (χ1n) is 5.26. The summed E-state index contributed by atoms with van der Waals surface area (Å²) in [6.07, 6.45) is 1.63. The largest absolute Gasteiger partial charge is 0.464 e. The molecule has 1 amide bonds. The molecule has 0 saturated carbocycles. The average Bonchev–Trinajstić information content (AvgIpc) is 2.75. The number of carbonyl (C=O) groups excluding carboxylic acids is 1. The van der Waals surface area contributed by atoms with Crippen molar-refractivity contribution >= 4 is 5.91 Å². The fourth-order valence-corrected chi connectivity index (χ4v) is 1.93. The first kappa shape index (κ1) is 10.2. The summed E-state index contributed by atoms with van der Waals surface area (Å²) in [4.78, 5) is 13.2. The van der Waals surface area contributed by atoms with Crippen molar-refractivity contribution in [2.24, 2.45) is 5.73 Å². The molecule has 4 nitrogen and oxygen atoms in total. The van der Waals surface area contributed by atoms with E-state index in [2.05, 4.69) is 0 Å². The Labute approximate surface area is 89.0 Å². The number of hydrogen-bond acceptors (Lipinski definition) is 3. The number of amides is 1. The van der Waals surface area contributed by atoms with Crippen LogP contribution in [0.2, 0.25) is 0 Å². The SMILES string of the molecule is Cc1oc(CN2CCCC2=O)cc1CN. The highest BCUT2D eigenvalue weighted by Gasteiger charge is 2.21. The average molecular weight is 208 g/mol. The molecular weight excluding hydrogens is 192 g/mol. The highest BCUT2D eigenvalue weighted by Crippen LogP contribution is 2.18. The highest BCUT2D eigenvalue weighted by molar-refractivity contribution is 5.77. The van der Waals surface area contributed by atoms with Gasteiger partial charge in [0.15, 0.2) is 0 Å². The first-order chi connectivity index (χ1) is 7.20. The lowest BCUT2D eigenvalue weighted by atomic mass is 10.2. The maximum absolute atomic E-state index is 11.4. The highest BCUT2D eigenvalue weighted by atomic mass is 16.3. The molecule has 1 aromatic heterocycles. The van der Waals surface area contributed by atoms with Gasteiger partial charge in [-0.25, -0.2) is 0 Å². The van der Waals surface area contributed by atoms with Crippen LogP contribution in [0.4, 0.5) is 0 Å². The van der Waals surface area contributed by atoms with Crippen LogP contribution < -0.4 is 5.73 Å². The Balaban J connectivity index is 2.07. The number of carbonyl (C=O) groups is 1. The maximum Gasteiger partial charge on any atom is 0.223 e. The molecule has 2 rings (SSSR count). The van der Waals surface area contributed by atoms with Gasteiger partial charge in [0.1, 0.15) is 11.5 Å². The molecule has 1 aliphatic rings. The van der Waals surface area contributed by atoms with Crippen LogP contribution in [0.15, 0.2) is 10.5 Å². The van der Waals surface area contributed by atoms with Gasteiger partial charge in [-0.2, -0.15) is 0 Å². The lowest BCUT2D eigenvalue weighted by molar-refractivity contribution is -0.128. The van der Waals surface area contributed by atoms with Crippen LogP contribution in [0, 0.1) is 6.92 Å². The van der Waals surface area contributed by atoms with Gasteiger partial charge in [0.2, 0.25) is 5.91 Å². The molecule has 1 aliphatic heterocycles. The topological polar surface area (TPSA) is 59.5 Å². The smallest absolute Gasteiger partial charge is 0.223 e. The third kappa shape index (κ3) is 2.04. The lowest BCUT2D eigenvalue weighted by Gasteiger charge is -2.12. The minimum absolute atomic E-state index is 0.221. The van der Waals surface area contributed by atoms with Crippen molar-refractivity contribution in [2.45, 2.75) is 32.9 Å². The molecule has 15 heavy (non-hydrogen) atoms. The Morgan fingerprint density at radius 3 is 2.93 bits per heavy atom. The van der Waals surface area contributed by atoms with Gasteiger partial charge in [-0.1, -0.05) is 0 Å². The van der Waals surface area contributed by atoms with Crippen molar-refractivity contribution in [2.75, 3.05) is 6.54 Å². The molecule has 1 fully saturated rings. The summed E-state index contributed by atoms with van der Waals surface area (Å²) in [7, 11) is 0. The van der Waals surface area contributed by atoms with Crippen LogP contribution in [0.25, 0.3) is 0 Å². The Hall–Kier alpha value is -1.29. The van der Waals surface area contributed by atoms with E-state index in [0.29, 0.717) is 19.5 Å². The second kappa shape index (κ2) is 4.06. The molecule has 2 heterocycles. The Bertz CT molecular complexity index is 371. The number of furan rings is 1. The fraction of sp³-hybridized carbons (Fsp3) is 0.545. The zero-order valence-electron chi connectivity index (χ0n) is 8.95. The van der Waals surface area contributed by atoms with E-state index in [4.69, 9.17) is 10.2 Å². The maximum atomic E-state index is 11.4. The van der Waals surface area contributed by atoms with Gasteiger partial charge in [-0.05, 0) is 19.4 Å². The summed E-state index contributed by atoms with van der Waals surface area (Å²) < 4.78 is 5.54. The molecule has 0 aromatic carbocycles. The molecule has 82 valence electrons. The van der Waals surface area contributed by atoms with Gasteiger partial charge < -0.3 is 15.1 Å². The normalized spacial score (nSPS) is 16.4. The monoisotopic (exact) mass is 208 g/mol. The Kier molecular flexibility index (Phi) is 2.77. The van der Waals surface area contributed by atoms with E-state index in [0.717, 1.165) is 30.0 Å². The molecule has 0 radical (unpaired) electrons. The summed E-state index contributed by atoms with van der Waals surface area (Å²) in [6.45, 7) is 3.82. The molecule has 0 spiro atoms. The van der Waals surface area contributed by atoms with Crippen molar-refractivity contribution in [3.8, 4) is 0 Å². The van der Waals surface area contributed by atoms with Gasteiger partial charge in [0.25, 0.3) is 0 Å². The van der Waals surface area contributed by atoms with Crippen LogP contribution in [0.3, 0.4) is 0 Å². The summed E-state index contributed by atoms with van der Waals surface area (Å²) in [5.41, 5.74) is 6.58. The molecule has 2 N–H and O–H groups in total. The van der Waals surface area contributed by atoms with Crippen LogP contribution in [0.1, 0.15) is 29.9 Å².